The molecule has 154 valence electrons. The normalized spacial score (nSPS) is 11.6. The van der Waals surface area contributed by atoms with Gasteiger partial charge in [-0.1, -0.05) is 18.5 Å². The average molecular weight is 437 g/mol. The SMILES string of the molecule is CCc1cc(OC(=O)c2ccc(S(C)(=O)=O)c(Cn3cccn3)c2Cl)n(CC)n1. The van der Waals surface area contributed by atoms with Gasteiger partial charge in [-0.3, -0.25) is 4.68 Å². The first-order valence-corrected chi connectivity index (χ1v) is 11.3. The van der Waals surface area contributed by atoms with Crippen molar-refractivity contribution in [2.45, 2.75) is 38.3 Å². The van der Waals surface area contributed by atoms with Crippen LogP contribution < -0.4 is 4.74 Å². The number of halogens is 1. The maximum Gasteiger partial charge on any atom is 0.346 e. The summed E-state index contributed by atoms with van der Waals surface area (Å²) in [4.78, 5) is 12.8. The van der Waals surface area contributed by atoms with Gasteiger partial charge in [0.2, 0.25) is 5.88 Å². The minimum absolute atomic E-state index is 0.0201. The van der Waals surface area contributed by atoms with Crippen LogP contribution in [0, 0.1) is 0 Å². The predicted molar refractivity (Wildman–Crippen MR) is 108 cm³/mol. The Kier molecular flexibility index (Phi) is 6.09. The van der Waals surface area contributed by atoms with Crippen molar-refractivity contribution in [3.05, 3.63) is 58.5 Å². The molecule has 0 aliphatic heterocycles. The number of nitrogens with zero attached hydrogens (tertiary/aromatic N) is 4. The topological polar surface area (TPSA) is 96.1 Å². The minimum atomic E-state index is -3.56. The van der Waals surface area contributed by atoms with Crippen LogP contribution in [0.2, 0.25) is 5.02 Å². The number of aryl methyl sites for hydroxylation is 2. The van der Waals surface area contributed by atoms with Gasteiger partial charge >= 0.3 is 5.97 Å². The van der Waals surface area contributed by atoms with E-state index in [1.165, 1.54) is 16.8 Å². The number of esters is 1. The lowest BCUT2D eigenvalue weighted by molar-refractivity contribution is 0.0718. The lowest BCUT2D eigenvalue weighted by atomic mass is 10.1. The van der Waals surface area contributed by atoms with Crippen molar-refractivity contribution in [3.8, 4) is 5.88 Å². The van der Waals surface area contributed by atoms with Crippen molar-refractivity contribution in [3.63, 3.8) is 0 Å². The molecule has 2 heterocycles. The van der Waals surface area contributed by atoms with E-state index in [-0.39, 0.29) is 27.6 Å². The number of hydrogen-bond donors (Lipinski definition) is 0. The summed E-state index contributed by atoms with van der Waals surface area (Å²) in [6.45, 7) is 4.48. The first kappa shape index (κ1) is 21.1. The smallest absolute Gasteiger partial charge is 0.346 e. The Morgan fingerprint density at radius 2 is 2.03 bits per heavy atom. The summed E-state index contributed by atoms with van der Waals surface area (Å²) in [6, 6.07) is 6.14. The van der Waals surface area contributed by atoms with Crippen molar-refractivity contribution in [2.75, 3.05) is 6.26 Å². The molecule has 8 nitrogen and oxygen atoms in total. The van der Waals surface area contributed by atoms with E-state index in [2.05, 4.69) is 10.2 Å². The van der Waals surface area contributed by atoms with Crippen molar-refractivity contribution < 1.29 is 17.9 Å². The molecule has 0 aliphatic carbocycles. The molecule has 0 saturated carbocycles. The van der Waals surface area contributed by atoms with Crippen LogP contribution in [-0.2, 0) is 29.3 Å². The number of rotatable bonds is 7. The first-order chi connectivity index (χ1) is 13.7. The maximum atomic E-state index is 12.8. The largest absolute Gasteiger partial charge is 0.404 e. The van der Waals surface area contributed by atoms with Crippen LogP contribution in [0.25, 0.3) is 0 Å². The standard InChI is InChI=1S/C19H21ClN4O4S/c1-4-13-11-17(24(5-2)22-13)28-19(25)14-7-8-16(29(3,26)27)15(18(14)20)12-23-10-6-9-21-23/h6-11H,4-5,12H2,1-3H3. The van der Waals surface area contributed by atoms with Gasteiger partial charge in [0.05, 0.1) is 27.7 Å². The zero-order valence-corrected chi connectivity index (χ0v) is 17.9. The maximum absolute atomic E-state index is 12.8. The Balaban J connectivity index is 2.01. The molecule has 0 radical (unpaired) electrons. The lowest BCUT2D eigenvalue weighted by Gasteiger charge is -2.14. The van der Waals surface area contributed by atoms with Gasteiger partial charge < -0.3 is 4.74 Å². The second-order valence-corrected chi connectivity index (χ2v) is 8.77. The van der Waals surface area contributed by atoms with Gasteiger partial charge in [-0.2, -0.15) is 10.2 Å². The van der Waals surface area contributed by atoms with Gasteiger partial charge in [0.15, 0.2) is 9.84 Å². The molecule has 3 aromatic rings. The van der Waals surface area contributed by atoms with Crippen LogP contribution >= 0.6 is 11.6 Å². The van der Waals surface area contributed by atoms with Gasteiger partial charge in [0, 0.05) is 36.8 Å². The van der Waals surface area contributed by atoms with E-state index in [4.69, 9.17) is 16.3 Å². The van der Waals surface area contributed by atoms with E-state index >= 15 is 0 Å². The van der Waals surface area contributed by atoms with Gasteiger partial charge in [-0.15, -0.1) is 0 Å². The van der Waals surface area contributed by atoms with E-state index in [1.807, 2.05) is 13.8 Å². The second kappa shape index (κ2) is 8.38. The molecule has 0 aliphatic rings. The molecule has 1 aromatic carbocycles. The van der Waals surface area contributed by atoms with Crippen LogP contribution in [0.1, 0.15) is 35.5 Å². The van der Waals surface area contributed by atoms with Gasteiger partial charge in [-0.25, -0.2) is 17.9 Å². The molecule has 10 heteroatoms. The Morgan fingerprint density at radius 1 is 1.28 bits per heavy atom. The van der Waals surface area contributed by atoms with Crippen molar-refractivity contribution >= 4 is 27.4 Å². The molecule has 0 atom stereocenters. The highest BCUT2D eigenvalue weighted by molar-refractivity contribution is 7.90. The Morgan fingerprint density at radius 3 is 2.62 bits per heavy atom. The van der Waals surface area contributed by atoms with Crippen LogP contribution in [0.4, 0.5) is 0 Å². The van der Waals surface area contributed by atoms with E-state index in [0.717, 1.165) is 11.9 Å². The summed E-state index contributed by atoms with van der Waals surface area (Å²) < 4.78 is 33.0. The summed E-state index contributed by atoms with van der Waals surface area (Å²) in [5, 5.41) is 8.45. The summed E-state index contributed by atoms with van der Waals surface area (Å²) in [7, 11) is -3.56. The Labute approximate surface area is 174 Å². The van der Waals surface area contributed by atoms with E-state index in [9.17, 15) is 13.2 Å². The number of carbonyl (C=O) groups excluding carboxylic acids is 1. The monoisotopic (exact) mass is 436 g/mol. The second-order valence-electron chi connectivity index (χ2n) is 6.41. The number of ether oxygens (including phenoxy) is 1. The van der Waals surface area contributed by atoms with Crippen molar-refractivity contribution in [2.24, 2.45) is 0 Å². The summed E-state index contributed by atoms with van der Waals surface area (Å²) in [6.07, 6.45) is 5.05. The third kappa shape index (κ3) is 4.51. The molecular weight excluding hydrogens is 416 g/mol. The van der Waals surface area contributed by atoms with E-state index in [0.29, 0.717) is 18.8 Å². The quantitative estimate of drug-likeness (QED) is 0.528. The van der Waals surface area contributed by atoms with Crippen LogP contribution in [-0.4, -0.2) is 40.2 Å². The Bertz CT molecular complexity index is 1140. The average Bonchev–Trinajstić information content (AvgIpc) is 3.31. The lowest BCUT2D eigenvalue weighted by Crippen LogP contribution is -2.15. The fourth-order valence-corrected chi connectivity index (χ4v) is 4.18. The van der Waals surface area contributed by atoms with Gasteiger partial charge in [0.1, 0.15) is 0 Å². The molecule has 2 aromatic heterocycles. The molecule has 0 unspecified atom stereocenters. The zero-order chi connectivity index (χ0) is 21.2. The molecular formula is C19H21ClN4O4S. The van der Waals surface area contributed by atoms with Crippen molar-refractivity contribution in [1.29, 1.82) is 0 Å². The molecule has 0 amide bonds. The molecule has 0 saturated heterocycles. The van der Waals surface area contributed by atoms with Gasteiger partial charge in [0.25, 0.3) is 0 Å². The molecule has 3 rings (SSSR count). The first-order valence-electron chi connectivity index (χ1n) is 9.02. The fraction of sp³-hybridized carbons (Fsp3) is 0.316. The minimum Gasteiger partial charge on any atom is -0.404 e. The van der Waals surface area contributed by atoms with Crippen LogP contribution in [0.15, 0.2) is 41.6 Å². The number of aromatic nitrogens is 4. The van der Waals surface area contributed by atoms with Crippen LogP contribution in [0.5, 0.6) is 5.88 Å². The van der Waals surface area contributed by atoms with E-state index in [1.54, 1.807) is 29.2 Å². The zero-order valence-electron chi connectivity index (χ0n) is 16.3. The third-order valence-electron chi connectivity index (χ3n) is 4.35. The highest BCUT2D eigenvalue weighted by Gasteiger charge is 2.24. The number of sulfone groups is 1. The molecule has 0 fully saturated rings. The third-order valence-corrected chi connectivity index (χ3v) is 5.96. The predicted octanol–water partition coefficient (Wildman–Crippen LogP) is 2.99. The number of carbonyl (C=O) groups is 1. The van der Waals surface area contributed by atoms with E-state index < -0.39 is 15.8 Å². The molecule has 0 spiro atoms. The molecule has 0 N–H and O–H groups in total. The molecule has 29 heavy (non-hydrogen) atoms. The summed E-state index contributed by atoms with van der Waals surface area (Å²) in [5.41, 5.74) is 1.15. The summed E-state index contributed by atoms with van der Waals surface area (Å²) >= 11 is 6.48. The summed E-state index contributed by atoms with van der Waals surface area (Å²) in [5.74, 6) is -0.375. The van der Waals surface area contributed by atoms with Crippen molar-refractivity contribution in [1.82, 2.24) is 19.6 Å². The highest BCUT2D eigenvalue weighted by Crippen LogP contribution is 2.30. The van der Waals surface area contributed by atoms with Crippen LogP contribution in [0.3, 0.4) is 0 Å². The number of hydrogen-bond acceptors (Lipinski definition) is 6. The molecule has 0 bridgehead atoms. The Hall–Kier alpha value is -2.65. The highest BCUT2D eigenvalue weighted by atomic mass is 35.5. The van der Waals surface area contributed by atoms with Gasteiger partial charge in [-0.05, 0) is 31.5 Å². The fourth-order valence-electron chi connectivity index (χ4n) is 2.89. The number of benzene rings is 1.